The lowest BCUT2D eigenvalue weighted by molar-refractivity contribution is -0.118. The fourth-order valence-corrected chi connectivity index (χ4v) is 1.15. The van der Waals surface area contributed by atoms with Crippen LogP contribution in [0.2, 0.25) is 0 Å². The lowest BCUT2D eigenvalue weighted by atomic mass is 9.96. The van der Waals surface area contributed by atoms with Gasteiger partial charge in [-0.1, -0.05) is 23.7 Å². The Morgan fingerprint density at radius 2 is 2.00 bits per heavy atom. The molecule has 0 spiro atoms. The van der Waals surface area contributed by atoms with Crippen molar-refractivity contribution in [2.45, 2.75) is 11.8 Å². The molecule has 0 aliphatic rings. The van der Waals surface area contributed by atoms with E-state index in [1.165, 1.54) is 19.1 Å². The van der Waals surface area contributed by atoms with Crippen molar-refractivity contribution in [3.05, 3.63) is 35.6 Å². The van der Waals surface area contributed by atoms with Crippen LogP contribution in [0, 0.1) is 17.1 Å². The van der Waals surface area contributed by atoms with Gasteiger partial charge in [0.25, 0.3) is 0 Å². The molecule has 1 aromatic carbocycles. The maximum Gasteiger partial charge on any atom is 0.213 e. The molecule has 72 valence electrons. The Morgan fingerprint density at radius 3 is 2.36 bits per heavy atom. The Bertz CT molecular complexity index is 396. The average Bonchev–Trinajstić information content (AvgIpc) is 2.17. The minimum absolute atomic E-state index is 0.288. The molecule has 0 saturated carbocycles. The number of ketones is 1. The molecule has 0 heterocycles. The number of nitrogens with zero attached hydrogens (tertiary/aromatic N) is 1. The number of rotatable bonds is 2. The number of hydrogen-bond acceptors (Lipinski definition) is 2. The summed E-state index contributed by atoms with van der Waals surface area (Å²) in [6.07, 6.45) is 0. The molecule has 1 rings (SSSR count). The molecule has 1 aromatic rings. The summed E-state index contributed by atoms with van der Waals surface area (Å²) in [5, 5.41) is 8.78. The molecular formula is C10H7ClFNO. The first kappa shape index (κ1) is 10.7. The van der Waals surface area contributed by atoms with Gasteiger partial charge < -0.3 is 0 Å². The lowest BCUT2D eigenvalue weighted by Gasteiger charge is -2.15. The fraction of sp³-hybridized carbons (Fsp3) is 0.200. The zero-order valence-corrected chi connectivity index (χ0v) is 8.18. The van der Waals surface area contributed by atoms with Crippen LogP contribution in [0.25, 0.3) is 0 Å². The van der Waals surface area contributed by atoms with Gasteiger partial charge in [0.1, 0.15) is 5.82 Å². The quantitative estimate of drug-likeness (QED) is 0.705. The van der Waals surface area contributed by atoms with Gasteiger partial charge in [0.2, 0.25) is 4.87 Å². The van der Waals surface area contributed by atoms with Crippen LogP contribution >= 0.6 is 11.6 Å². The third-order valence-electron chi connectivity index (χ3n) is 1.88. The van der Waals surface area contributed by atoms with Crippen molar-refractivity contribution in [1.29, 1.82) is 5.26 Å². The topological polar surface area (TPSA) is 40.9 Å². The van der Waals surface area contributed by atoms with Crippen molar-refractivity contribution < 1.29 is 9.18 Å². The van der Waals surface area contributed by atoms with Crippen molar-refractivity contribution in [1.82, 2.24) is 0 Å². The van der Waals surface area contributed by atoms with E-state index in [1.807, 2.05) is 0 Å². The molecule has 0 bridgehead atoms. The smallest absolute Gasteiger partial charge is 0.213 e. The summed E-state index contributed by atoms with van der Waals surface area (Å²) >= 11 is 5.80. The fourth-order valence-electron chi connectivity index (χ4n) is 1.03. The number of benzene rings is 1. The van der Waals surface area contributed by atoms with Crippen molar-refractivity contribution in [2.75, 3.05) is 0 Å². The Labute approximate surface area is 85.9 Å². The number of Topliss-reactive ketones (excluding diaryl/α,β-unsaturated/α-hetero) is 1. The van der Waals surface area contributed by atoms with Gasteiger partial charge in [-0.05, 0) is 24.6 Å². The van der Waals surface area contributed by atoms with Gasteiger partial charge in [0.15, 0.2) is 5.78 Å². The second kappa shape index (κ2) is 3.77. The zero-order valence-electron chi connectivity index (χ0n) is 7.42. The molecule has 0 aliphatic heterocycles. The zero-order chi connectivity index (χ0) is 10.8. The molecule has 4 heteroatoms. The summed E-state index contributed by atoms with van der Waals surface area (Å²) < 4.78 is 12.6. The second-order valence-corrected chi connectivity index (χ2v) is 3.40. The SMILES string of the molecule is CC(=O)C(Cl)(C#N)c1ccc(F)cc1. The van der Waals surface area contributed by atoms with Crippen LogP contribution in [0.5, 0.6) is 0 Å². The van der Waals surface area contributed by atoms with E-state index in [9.17, 15) is 9.18 Å². The van der Waals surface area contributed by atoms with Crippen molar-refractivity contribution in [2.24, 2.45) is 0 Å². The number of nitriles is 1. The maximum atomic E-state index is 12.6. The summed E-state index contributed by atoms with van der Waals surface area (Å²) in [5.41, 5.74) is 0.288. The van der Waals surface area contributed by atoms with E-state index in [0.717, 1.165) is 12.1 Å². The Hall–Kier alpha value is -1.40. The van der Waals surface area contributed by atoms with Crippen LogP contribution in [0.15, 0.2) is 24.3 Å². The van der Waals surface area contributed by atoms with Gasteiger partial charge in [-0.25, -0.2) is 4.39 Å². The summed E-state index contributed by atoms with van der Waals surface area (Å²) in [5.74, 6) is -0.914. The molecule has 1 atom stereocenters. The molecule has 0 fully saturated rings. The van der Waals surface area contributed by atoms with E-state index in [0.29, 0.717) is 0 Å². The first-order valence-corrected chi connectivity index (χ1v) is 4.26. The van der Waals surface area contributed by atoms with E-state index < -0.39 is 16.5 Å². The molecule has 0 aromatic heterocycles. The Kier molecular flexibility index (Phi) is 2.87. The molecule has 0 amide bonds. The minimum atomic E-state index is -1.70. The van der Waals surface area contributed by atoms with Crippen LogP contribution < -0.4 is 0 Å². The minimum Gasteiger partial charge on any atom is -0.296 e. The highest BCUT2D eigenvalue weighted by molar-refractivity contribution is 6.36. The summed E-state index contributed by atoms with van der Waals surface area (Å²) in [6, 6.07) is 6.68. The molecule has 1 unspecified atom stereocenters. The molecule has 0 radical (unpaired) electrons. The van der Waals surface area contributed by atoms with Gasteiger partial charge in [-0.3, -0.25) is 4.79 Å². The lowest BCUT2D eigenvalue weighted by Crippen LogP contribution is -2.25. The van der Waals surface area contributed by atoms with Crippen LogP contribution in [-0.2, 0) is 9.67 Å². The number of hydrogen-bond donors (Lipinski definition) is 0. The van der Waals surface area contributed by atoms with Crippen molar-refractivity contribution >= 4 is 17.4 Å². The molecular weight excluding hydrogens is 205 g/mol. The summed E-state index contributed by atoms with van der Waals surface area (Å²) in [7, 11) is 0. The van der Waals surface area contributed by atoms with E-state index in [1.54, 1.807) is 6.07 Å². The van der Waals surface area contributed by atoms with Crippen LogP contribution in [0.1, 0.15) is 12.5 Å². The highest BCUT2D eigenvalue weighted by Crippen LogP contribution is 2.29. The normalized spacial score (nSPS) is 14.1. The molecule has 0 saturated heterocycles. The molecule has 2 nitrogen and oxygen atoms in total. The van der Waals surface area contributed by atoms with Gasteiger partial charge in [0, 0.05) is 0 Å². The summed E-state index contributed by atoms with van der Waals surface area (Å²) in [4.78, 5) is 9.43. The highest BCUT2D eigenvalue weighted by Gasteiger charge is 2.34. The molecule has 0 N–H and O–H groups in total. The second-order valence-electron chi connectivity index (χ2n) is 2.83. The van der Waals surface area contributed by atoms with Crippen LogP contribution in [0.4, 0.5) is 4.39 Å². The number of carbonyl (C=O) groups is 1. The standard InChI is InChI=1S/C10H7ClFNO/c1-7(14)10(11,6-13)8-2-4-9(12)5-3-8/h2-5H,1H3. The van der Waals surface area contributed by atoms with E-state index in [4.69, 9.17) is 16.9 Å². The monoisotopic (exact) mass is 211 g/mol. The van der Waals surface area contributed by atoms with Gasteiger partial charge >= 0.3 is 0 Å². The predicted molar refractivity (Wildman–Crippen MR) is 50.2 cm³/mol. The Balaban J connectivity index is 3.22. The summed E-state index contributed by atoms with van der Waals surface area (Å²) in [6.45, 7) is 1.22. The van der Waals surface area contributed by atoms with E-state index >= 15 is 0 Å². The third kappa shape index (κ3) is 1.75. The third-order valence-corrected chi connectivity index (χ3v) is 2.45. The number of alkyl halides is 1. The Morgan fingerprint density at radius 1 is 1.50 bits per heavy atom. The highest BCUT2D eigenvalue weighted by atomic mass is 35.5. The largest absolute Gasteiger partial charge is 0.296 e. The average molecular weight is 212 g/mol. The predicted octanol–water partition coefficient (Wildman–Crippen LogP) is 2.37. The van der Waals surface area contributed by atoms with Gasteiger partial charge in [-0.15, -0.1) is 0 Å². The number of halogens is 2. The van der Waals surface area contributed by atoms with Crippen LogP contribution in [-0.4, -0.2) is 5.78 Å². The molecule has 0 aliphatic carbocycles. The number of carbonyl (C=O) groups excluding carboxylic acids is 1. The maximum absolute atomic E-state index is 12.6. The van der Waals surface area contributed by atoms with Crippen molar-refractivity contribution in [3.8, 4) is 6.07 Å². The van der Waals surface area contributed by atoms with E-state index in [2.05, 4.69) is 0 Å². The van der Waals surface area contributed by atoms with Crippen molar-refractivity contribution in [3.63, 3.8) is 0 Å². The van der Waals surface area contributed by atoms with Gasteiger partial charge in [-0.2, -0.15) is 5.26 Å². The van der Waals surface area contributed by atoms with Gasteiger partial charge in [0.05, 0.1) is 6.07 Å². The first-order valence-electron chi connectivity index (χ1n) is 3.88. The first-order chi connectivity index (χ1) is 6.50. The molecule has 14 heavy (non-hydrogen) atoms. The van der Waals surface area contributed by atoms with Crippen LogP contribution in [0.3, 0.4) is 0 Å². The van der Waals surface area contributed by atoms with E-state index in [-0.39, 0.29) is 5.56 Å².